The molecule has 0 saturated carbocycles. The molecule has 0 unspecified atom stereocenters. The van der Waals surface area contributed by atoms with Gasteiger partial charge in [-0.15, -0.1) is 0 Å². The first-order valence-electron chi connectivity index (χ1n) is 37.0. The molecule has 25 N–H and O–H groups in total. The molecule has 2 heterocycles. The molecule has 3 aromatic rings. The van der Waals surface area contributed by atoms with E-state index in [9.17, 15) is 92.7 Å². The van der Waals surface area contributed by atoms with Gasteiger partial charge >= 0.3 is 29.8 Å². The number of ketones is 1. The highest BCUT2D eigenvalue weighted by molar-refractivity contribution is 6.04. The van der Waals surface area contributed by atoms with Gasteiger partial charge in [0.15, 0.2) is 5.78 Å². The van der Waals surface area contributed by atoms with Crippen molar-refractivity contribution in [1.29, 1.82) is 0 Å². The number of esters is 1. The number of carbonyl (C=O) groups excluding carboxylic acids is 10. The number of nitrogens with two attached hydrogens (primary N) is 3. The molecule has 1 fully saturated rings. The van der Waals surface area contributed by atoms with E-state index in [1.54, 1.807) is 37.4 Å². The molecule has 0 aliphatic carbocycles. The molecule has 0 radical (unpaired) electrons. The molecule has 1 aliphatic rings. The number of carbonyl (C=O) groups is 14. The molecule has 37 heteroatoms. The number of aliphatic carboxylic acids is 4. The Kier molecular flexibility index (Phi) is 41.5. The zero-order valence-electron chi connectivity index (χ0n) is 62.4. The number of benzene rings is 2. The number of aliphatic hydroxyl groups excluding tert-OH is 1. The van der Waals surface area contributed by atoms with Crippen LogP contribution in [-0.2, 0) is 73.5 Å². The third kappa shape index (κ3) is 34.6. The van der Waals surface area contributed by atoms with Crippen molar-refractivity contribution in [1.82, 2.24) is 74.1 Å². The van der Waals surface area contributed by atoms with Gasteiger partial charge in [-0.3, -0.25) is 62.3 Å². The number of amides is 8. The van der Waals surface area contributed by atoms with E-state index in [4.69, 9.17) is 21.9 Å². The van der Waals surface area contributed by atoms with Crippen molar-refractivity contribution in [2.24, 2.45) is 17.4 Å². The van der Waals surface area contributed by atoms with Gasteiger partial charge in [-0.05, 0) is 69.3 Å². The molecular weight excluding hydrogens is 1420 g/mol. The summed E-state index contributed by atoms with van der Waals surface area (Å²) in [5.41, 5.74) is 18.8. The molecule has 0 spiro atoms. The van der Waals surface area contributed by atoms with Gasteiger partial charge in [0.25, 0.3) is 0 Å². The summed E-state index contributed by atoms with van der Waals surface area (Å²) < 4.78 is 5.84. The van der Waals surface area contributed by atoms with Gasteiger partial charge in [-0.25, -0.2) is 4.79 Å². The van der Waals surface area contributed by atoms with Crippen LogP contribution in [0.5, 0.6) is 0 Å². The van der Waals surface area contributed by atoms with Gasteiger partial charge < -0.3 is 122 Å². The van der Waals surface area contributed by atoms with Crippen molar-refractivity contribution < 1.29 is 97.4 Å². The van der Waals surface area contributed by atoms with Crippen LogP contribution in [0.15, 0.2) is 54.7 Å². The number of unbranched alkanes of at least 4 members (excludes halogenated alkanes) is 6. The van der Waals surface area contributed by atoms with Crippen LogP contribution in [-0.4, -0.2) is 251 Å². The Labute approximate surface area is 632 Å². The van der Waals surface area contributed by atoms with E-state index in [1.165, 1.54) is 31.2 Å². The fourth-order valence-corrected chi connectivity index (χ4v) is 12.2. The van der Waals surface area contributed by atoms with Crippen LogP contribution >= 0.6 is 0 Å². The Morgan fingerprint density at radius 2 is 1.22 bits per heavy atom. The van der Waals surface area contributed by atoms with E-state index in [1.807, 2.05) is 0 Å². The molecule has 606 valence electrons. The number of nitrogens with one attached hydrogen (secondary N) is 14. The number of aromatic amines is 1. The Morgan fingerprint density at radius 1 is 0.606 bits per heavy atom. The molecule has 37 nitrogen and oxygen atoms in total. The highest BCUT2D eigenvalue weighted by atomic mass is 16.5. The topological polar surface area (TPSA) is 600 Å². The van der Waals surface area contributed by atoms with Gasteiger partial charge in [0.2, 0.25) is 47.3 Å². The zero-order valence-corrected chi connectivity index (χ0v) is 62.4. The maximum Gasteiger partial charge on any atom is 0.329 e. The highest BCUT2D eigenvalue weighted by Crippen LogP contribution is 2.21. The molecule has 2 aromatic carbocycles. The average molecular weight is 1540 g/mol. The second kappa shape index (κ2) is 49.3. The van der Waals surface area contributed by atoms with Gasteiger partial charge in [0.05, 0.1) is 38.7 Å². The molecule has 8 amide bonds. The fourth-order valence-electron chi connectivity index (χ4n) is 12.2. The number of cyclic esters (lactones) is 1. The monoisotopic (exact) mass is 1540 g/mol. The molecule has 13 atom stereocenters. The average Bonchev–Trinajstić information content (AvgIpc) is 1.62. The van der Waals surface area contributed by atoms with Gasteiger partial charge in [-0.1, -0.05) is 82.7 Å². The number of nitrogen functional groups attached to an aromatic ring is 1. The molecular formula is C72H113N17O20. The number of fused-ring (bicyclic) bond motifs is 1. The second-order valence-electron chi connectivity index (χ2n) is 27.4. The molecule has 1 saturated heterocycles. The summed E-state index contributed by atoms with van der Waals surface area (Å²) in [4.78, 5) is 194. The number of hydrogen-bond acceptors (Lipinski definition) is 24. The molecule has 109 heavy (non-hydrogen) atoms. The lowest BCUT2D eigenvalue weighted by atomic mass is 9.96. The lowest BCUT2D eigenvalue weighted by Crippen LogP contribution is -2.61. The van der Waals surface area contributed by atoms with E-state index in [-0.39, 0.29) is 102 Å². The Hall–Kier alpha value is -9.76. The lowest BCUT2D eigenvalue weighted by molar-refractivity contribution is -0.156. The van der Waals surface area contributed by atoms with Crippen LogP contribution in [0.4, 0.5) is 5.69 Å². The predicted octanol–water partition coefficient (Wildman–Crippen LogP) is -2.78. The summed E-state index contributed by atoms with van der Waals surface area (Å²) in [6, 6.07) is -2.35. The number of H-pyrrole nitrogens is 1. The lowest BCUT2D eigenvalue weighted by Gasteiger charge is -2.30. The minimum absolute atomic E-state index is 0.0440. The van der Waals surface area contributed by atoms with Crippen molar-refractivity contribution in [3.05, 3.63) is 65.9 Å². The van der Waals surface area contributed by atoms with Crippen LogP contribution in [0.25, 0.3) is 10.9 Å². The number of hydrogen-bond donors (Lipinski definition) is 22. The molecule has 4 rings (SSSR count). The Morgan fingerprint density at radius 3 is 1.87 bits per heavy atom. The van der Waals surface area contributed by atoms with E-state index < -0.39 is 188 Å². The smallest absolute Gasteiger partial charge is 0.329 e. The van der Waals surface area contributed by atoms with Crippen LogP contribution < -0.4 is 86.3 Å². The van der Waals surface area contributed by atoms with Crippen molar-refractivity contribution in [2.45, 2.75) is 209 Å². The van der Waals surface area contributed by atoms with Crippen LogP contribution in [0, 0.1) is 5.92 Å². The first-order valence-corrected chi connectivity index (χ1v) is 37.0. The van der Waals surface area contributed by atoms with E-state index in [2.05, 4.69) is 81.0 Å². The molecule has 0 bridgehead atoms. The maximum absolute atomic E-state index is 14.8. The van der Waals surface area contributed by atoms with Crippen LogP contribution in [0.2, 0.25) is 0 Å². The third-order valence-corrected chi connectivity index (χ3v) is 18.2. The normalized spacial score (nSPS) is 22.0. The first-order chi connectivity index (χ1) is 51.9. The summed E-state index contributed by atoms with van der Waals surface area (Å²) in [6.45, 7) is 5.97. The third-order valence-electron chi connectivity index (χ3n) is 18.2. The number of rotatable bonds is 35. The summed E-state index contributed by atoms with van der Waals surface area (Å²) in [6.07, 6.45) is 2.30. The number of aromatic nitrogens is 1. The van der Waals surface area contributed by atoms with Crippen molar-refractivity contribution >= 4 is 99.5 Å². The number of anilines is 1. The number of para-hydroxylation sites is 2. The number of primary amides is 1. The van der Waals surface area contributed by atoms with E-state index in [0.717, 1.165) is 45.4 Å². The standard InChI is InChI=1S/C72H113N17O20/c1-5-6-7-8-9-10-11-22-59(93)84-52(29-44-36-83-51-21-15-13-18-48(44)51)66(102)85-53(33-58(75)92)67(103)86-54(34-63(100)101)68(104)89-65-43(4)109-72(108)55(32-57(91)49-19-12-14-20-50(49)74)87-71(107)64(41(2)28-60(94)95)88-69(105)56(40-90)78-25-24-76-37-46(30-61(96)97)81-35-42(3)80-39-47(31-62(98)99)82-38-45(17-16-23-73)77-26-27-79-70(65)106/h12-15,18-21,36,41-43,45-47,52-56,64-65,76-78,80-83,90H,5-11,16-17,22-35,37-40,73-74H2,1-4H3,(H2,75,92)(H,79,106)(H,84,93)(H,85,102)(H,86,103)(H,87,107)(H,88,105)(H,89,104)(H,94,95)(H,96,97)(H,98,99)(H,100,101)/t41-,42-,43-,45+,46+,47+,52+,53+,54+,55+,56-,64+,65-/m1/s1. The van der Waals surface area contributed by atoms with E-state index >= 15 is 0 Å². The predicted molar refractivity (Wildman–Crippen MR) is 399 cm³/mol. The number of aliphatic hydroxyl groups is 1. The SMILES string of the molecule is CCCCCCCCCC(=O)N[C@@H](Cc1c[nH]c2ccccc12)C(=O)N[C@@H](CC(N)=O)C(=O)N[C@@H](CC(=O)O)C(=O)N[C@H]1C(=O)NCCN[C@@H](CCCN)CN[C@@H](CC(=O)O)CN[C@H](C)CN[C@@H](CC(=O)O)CNCCN[C@H](CO)C(=O)N[C@@H]([C@H](C)CC(=O)O)C(=O)N[C@@H](CC(=O)c2ccccc2N)C(=O)O[C@@H]1C. The van der Waals surface area contributed by atoms with Crippen LogP contribution in [0.3, 0.4) is 0 Å². The number of ether oxygens (including phenoxy) is 1. The summed E-state index contributed by atoms with van der Waals surface area (Å²) in [5.74, 6) is -17.9. The van der Waals surface area contributed by atoms with E-state index in [0.29, 0.717) is 35.7 Å². The minimum atomic E-state index is -2.19. The largest absolute Gasteiger partial charge is 0.481 e. The first kappa shape index (κ1) is 91.6. The van der Waals surface area contributed by atoms with Gasteiger partial charge in [0, 0.05) is 124 Å². The zero-order chi connectivity index (χ0) is 80.5. The maximum atomic E-state index is 14.8. The fraction of sp³-hybridized carbons (Fsp3) is 0.611. The van der Waals surface area contributed by atoms with Crippen molar-refractivity contribution in [3.63, 3.8) is 0 Å². The Balaban J connectivity index is 1.79. The summed E-state index contributed by atoms with van der Waals surface area (Å²) >= 11 is 0. The second-order valence-corrected chi connectivity index (χ2v) is 27.4. The van der Waals surface area contributed by atoms with Crippen LogP contribution in [0.1, 0.15) is 146 Å². The quantitative estimate of drug-likeness (QED) is 0.0123. The number of carboxylic acid groups (broad SMARTS) is 4. The minimum Gasteiger partial charge on any atom is -0.481 e. The number of Topliss-reactive ketones (excluding diaryl/α,β-unsaturated/α-hetero) is 1. The summed E-state index contributed by atoms with van der Waals surface area (Å²) in [7, 11) is 0. The summed E-state index contributed by atoms with van der Waals surface area (Å²) in [5, 5.41) is 86.9. The molecule has 1 aromatic heterocycles. The Bertz CT molecular complexity index is 3490. The highest BCUT2D eigenvalue weighted by Gasteiger charge is 2.40. The molecule has 1 aliphatic heterocycles. The van der Waals surface area contributed by atoms with Crippen molar-refractivity contribution in [2.75, 3.05) is 71.2 Å². The number of carboxylic acids is 4. The van der Waals surface area contributed by atoms with Crippen molar-refractivity contribution in [3.8, 4) is 0 Å². The van der Waals surface area contributed by atoms with Gasteiger partial charge in [-0.2, -0.15) is 0 Å². The van der Waals surface area contributed by atoms with Gasteiger partial charge in [0.1, 0.15) is 48.4 Å².